The molecule has 0 N–H and O–H groups in total. The van der Waals surface area contributed by atoms with Gasteiger partial charge in [-0.3, -0.25) is 0 Å². The fraction of sp³-hybridized carbons (Fsp3) is 0.0526. The van der Waals surface area contributed by atoms with Crippen LogP contribution in [0.2, 0.25) is 0 Å². The average Bonchev–Trinajstić information content (AvgIpc) is 3.79. The molecular formula is C57H41NO. The van der Waals surface area contributed by atoms with Crippen molar-refractivity contribution >= 4 is 39.0 Å². The van der Waals surface area contributed by atoms with Crippen molar-refractivity contribution in [2.45, 2.75) is 19.3 Å². The molecule has 11 rings (SSSR count). The minimum Gasteiger partial charge on any atom is -0.456 e. The molecule has 0 bridgehead atoms. The molecule has 0 radical (unpaired) electrons. The van der Waals surface area contributed by atoms with Crippen LogP contribution in [-0.2, 0) is 5.41 Å². The van der Waals surface area contributed by atoms with Crippen molar-refractivity contribution in [3.63, 3.8) is 0 Å². The lowest BCUT2D eigenvalue weighted by atomic mass is 9.82. The molecule has 1 aliphatic carbocycles. The molecule has 0 unspecified atom stereocenters. The molecule has 0 saturated heterocycles. The van der Waals surface area contributed by atoms with Crippen LogP contribution in [0.3, 0.4) is 0 Å². The second kappa shape index (κ2) is 13.9. The first-order chi connectivity index (χ1) is 29.0. The molecule has 280 valence electrons. The van der Waals surface area contributed by atoms with Crippen molar-refractivity contribution in [2.75, 3.05) is 4.90 Å². The van der Waals surface area contributed by atoms with Gasteiger partial charge >= 0.3 is 0 Å². The number of fused-ring (bicyclic) bond motifs is 6. The van der Waals surface area contributed by atoms with Crippen LogP contribution < -0.4 is 4.90 Å². The maximum Gasteiger partial charge on any atom is 0.136 e. The normalized spacial score (nSPS) is 12.7. The molecule has 0 aliphatic heterocycles. The number of furan rings is 1. The third-order valence-corrected chi connectivity index (χ3v) is 12.3. The smallest absolute Gasteiger partial charge is 0.136 e. The quantitative estimate of drug-likeness (QED) is 0.161. The van der Waals surface area contributed by atoms with E-state index in [0.29, 0.717) is 0 Å². The Morgan fingerprint density at radius 3 is 1.64 bits per heavy atom. The summed E-state index contributed by atoms with van der Waals surface area (Å²) in [5.74, 6) is 0. The van der Waals surface area contributed by atoms with E-state index in [1.807, 2.05) is 6.07 Å². The Bertz CT molecular complexity index is 3160. The molecule has 2 nitrogen and oxygen atoms in total. The largest absolute Gasteiger partial charge is 0.456 e. The van der Waals surface area contributed by atoms with Gasteiger partial charge in [0.25, 0.3) is 0 Å². The minimum absolute atomic E-state index is 0.112. The summed E-state index contributed by atoms with van der Waals surface area (Å²) in [7, 11) is 0. The van der Waals surface area contributed by atoms with E-state index >= 15 is 0 Å². The Morgan fingerprint density at radius 1 is 0.356 bits per heavy atom. The molecule has 2 heteroatoms. The van der Waals surface area contributed by atoms with Crippen LogP contribution >= 0.6 is 0 Å². The summed E-state index contributed by atoms with van der Waals surface area (Å²) >= 11 is 0. The molecule has 9 aromatic carbocycles. The molecule has 1 heterocycles. The van der Waals surface area contributed by atoms with E-state index in [4.69, 9.17) is 4.42 Å². The second-order valence-corrected chi connectivity index (χ2v) is 16.1. The molecule has 1 aromatic heterocycles. The van der Waals surface area contributed by atoms with Crippen molar-refractivity contribution in [3.8, 4) is 55.6 Å². The summed E-state index contributed by atoms with van der Waals surface area (Å²) in [6.45, 7) is 4.70. The number of hydrogen-bond donors (Lipinski definition) is 0. The third-order valence-electron chi connectivity index (χ3n) is 12.3. The number of rotatable bonds is 7. The molecule has 0 spiro atoms. The number of benzene rings is 9. The van der Waals surface area contributed by atoms with E-state index in [9.17, 15) is 0 Å². The minimum atomic E-state index is -0.112. The van der Waals surface area contributed by atoms with E-state index in [1.54, 1.807) is 0 Å². The lowest BCUT2D eigenvalue weighted by molar-refractivity contribution is 0.660. The van der Waals surface area contributed by atoms with Gasteiger partial charge in [-0.1, -0.05) is 172 Å². The van der Waals surface area contributed by atoms with Crippen molar-refractivity contribution < 1.29 is 4.42 Å². The highest BCUT2D eigenvalue weighted by Gasteiger charge is 2.35. The van der Waals surface area contributed by atoms with Crippen LogP contribution in [0.25, 0.3) is 77.6 Å². The van der Waals surface area contributed by atoms with Gasteiger partial charge in [0.1, 0.15) is 11.2 Å². The molecular weight excluding hydrogens is 715 g/mol. The number of nitrogens with zero attached hydrogens (tertiary/aromatic N) is 1. The molecule has 0 atom stereocenters. The van der Waals surface area contributed by atoms with Crippen molar-refractivity contribution in [3.05, 3.63) is 223 Å². The fourth-order valence-corrected chi connectivity index (χ4v) is 9.34. The molecule has 1 aliphatic rings. The topological polar surface area (TPSA) is 16.4 Å². The second-order valence-electron chi connectivity index (χ2n) is 16.1. The lowest BCUT2D eigenvalue weighted by Gasteiger charge is -2.28. The Hall–Kier alpha value is -7.42. The van der Waals surface area contributed by atoms with E-state index in [0.717, 1.165) is 55.7 Å². The van der Waals surface area contributed by atoms with Crippen LogP contribution in [0.15, 0.2) is 217 Å². The zero-order chi connectivity index (χ0) is 39.5. The van der Waals surface area contributed by atoms with Crippen LogP contribution in [0.4, 0.5) is 17.1 Å². The number of hydrogen-bond acceptors (Lipinski definition) is 2. The van der Waals surface area contributed by atoms with Gasteiger partial charge in [-0.25, -0.2) is 0 Å². The maximum absolute atomic E-state index is 6.47. The molecule has 0 amide bonds. The molecule has 0 saturated carbocycles. The Labute approximate surface area is 345 Å². The standard InChI is InChI=1S/C57H41NO/c1-57(2)51-22-11-9-20-48(51)49-33-32-46(37-52(49)57)58(44-28-24-40(25-29-44)38-14-5-3-6-15-38)45-30-26-41(27-31-45)47-34-35-54-56(50-21-10-12-23-53(50)59-54)55(47)43-19-13-18-42(36-43)39-16-7-4-8-17-39/h3-37H,1-2H3. The fourth-order valence-electron chi connectivity index (χ4n) is 9.34. The highest BCUT2D eigenvalue weighted by atomic mass is 16.3. The summed E-state index contributed by atoms with van der Waals surface area (Å²) in [5.41, 5.74) is 19.8. The number of anilines is 3. The van der Waals surface area contributed by atoms with Gasteiger partial charge < -0.3 is 9.32 Å². The summed E-state index contributed by atoms with van der Waals surface area (Å²) in [6.07, 6.45) is 0. The summed E-state index contributed by atoms with van der Waals surface area (Å²) in [6, 6.07) is 76.8. The van der Waals surface area contributed by atoms with Gasteiger partial charge in [-0.2, -0.15) is 0 Å². The Morgan fingerprint density at radius 2 is 0.898 bits per heavy atom. The summed E-state index contributed by atoms with van der Waals surface area (Å²) < 4.78 is 6.47. The predicted octanol–water partition coefficient (Wildman–Crippen LogP) is 16.0. The monoisotopic (exact) mass is 755 g/mol. The molecule has 10 aromatic rings. The SMILES string of the molecule is CC1(C)c2ccccc2-c2ccc(N(c3ccc(-c4ccccc4)cc3)c3ccc(-c4ccc5oc6ccccc6c5c4-c4cccc(-c5ccccc5)c4)cc3)cc21. The van der Waals surface area contributed by atoms with Crippen LogP contribution in [0.5, 0.6) is 0 Å². The van der Waals surface area contributed by atoms with E-state index in [-0.39, 0.29) is 5.41 Å². The zero-order valence-corrected chi connectivity index (χ0v) is 33.1. The number of para-hydroxylation sites is 1. The Balaban J connectivity index is 1.06. The summed E-state index contributed by atoms with van der Waals surface area (Å²) in [4.78, 5) is 2.40. The van der Waals surface area contributed by atoms with Crippen LogP contribution in [-0.4, -0.2) is 0 Å². The first-order valence-electron chi connectivity index (χ1n) is 20.4. The average molecular weight is 756 g/mol. The van der Waals surface area contributed by atoms with Gasteiger partial charge in [-0.15, -0.1) is 0 Å². The first kappa shape index (κ1) is 34.8. The Kier molecular flexibility index (Phi) is 8.20. The zero-order valence-electron chi connectivity index (χ0n) is 33.1. The lowest BCUT2D eigenvalue weighted by Crippen LogP contribution is -2.16. The van der Waals surface area contributed by atoms with E-state index in [2.05, 4.69) is 225 Å². The van der Waals surface area contributed by atoms with Gasteiger partial charge in [-0.05, 0) is 116 Å². The predicted molar refractivity (Wildman–Crippen MR) is 248 cm³/mol. The molecule has 0 fully saturated rings. The molecule has 59 heavy (non-hydrogen) atoms. The first-order valence-corrected chi connectivity index (χ1v) is 20.4. The van der Waals surface area contributed by atoms with Gasteiger partial charge in [0, 0.05) is 38.8 Å². The van der Waals surface area contributed by atoms with Crippen LogP contribution in [0, 0.1) is 0 Å². The van der Waals surface area contributed by atoms with Crippen molar-refractivity contribution in [1.82, 2.24) is 0 Å². The van der Waals surface area contributed by atoms with Crippen molar-refractivity contribution in [1.29, 1.82) is 0 Å². The maximum atomic E-state index is 6.47. The van der Waals surface area contributed by atoms with Crippen LogP contribution in [0.1, 0.15) is 25.0 Å². The van der Waals surface area contributed by atoms with Gasteiger partial charge in [0.05, 0.1) is 0 Å². The van der Waals surface area contributed by atoms with Gasteiger partial charge in [0.15, 0.2) is 0 Å². The summed E-state index contributed by atoms with van der Waals surface area (Å²) in [5, 5.41) is 2.25. The highest BCUT2D eigenvalue weighted by molar-refractivity contribution is 6.16. The van der Waals surface area contributed by atoms with E-state index in [1.165, 1.54) is 50.1 Å². The highest BCUT2D eigenvalue weighted by Crippen LogP contribution is 2.51. The van der Waals surface area contributed by atoms with E-state index < -0.39 is 0 Å². The van der Waals surface area contributed by atoms with Crippen molar-refractivity contribution in [2.24, 2.45) is 0 Å². The third kappa shape index (κ3) is 5.87. The van der Waals surface area contributed by atoms with Gasteiger partial charge in [0.2, 0.25) is 0 Å².